The number of hydrogen-bond acceptors (Lipinski definition) is 6. The summed E-state index contributed by atoms with van der Waals surface area (Å²) in [6.45, 7) is 0. The van der Waals surface area contributed by atoms with Crippen molar-refractivity contribution in [1.82, 2.24) is 0 Å². The van der Waals surface area contributed by atoms with Crippen molar-refractivity contribution in [1.29, 1.82) is 10.5 Å². The summed E-state index contributed by atoms with van der Waals surface area (Å²) in [5.41, 5.74) is 0.297. The van der Waals surface area contributed by atoms with Crippen LogP contribution in [0.5, 0.6) is 0 Å². The summed E-state index contributed by atoms with van der Waals surface area (Å²) < 4.78 is 52.3. The minimum Gasteiger partial charge on any atom is -0.772 e. The molecule has 2 atom stereocenters. The molecule has 2 unspecified atom stereocenters. The monoisotopic (exact) mass is 313 g/mol. The van der Waals surface area contributed by atoms with Gasteiger partial charge in [-0.15, -0.1) is 0 Å². The quantitative estimate of drug-likeness (QED) is 0.620. The zero-order valence-corrected chi connectivity index (χ0v) is 11.6. The standard InChI is InChI=1S/C11H10N2O5S2/c12-6-9-2-1-8(5-10(9)7-13)11(19(14)15)3-4-20(16,17)18/h1-2,5,11H,3-4H2,(H,14,15)(H,16,17,18)/p-1. The van der Waals surface area contributed by atoms with Crippen LogP contribution >= 0.6 is 0 Å². The van der Waals surface area contributed by atoms with Crippen molar-refractivity contribution < 1.29 is 21.7 Å². The number of hydrogen-bond donors (Lipinski definition) is 1. The first kappa shape index (κ1) is 16.3. The molecule has 1 aromatic rings. The molecule has 0 heterocycles. The predicted octanol–water partition coefficient (Wildman–Crippen LogP) is 0.628. The maximum atomic E-state index is 11.1. The van der Waals surface area contributed by atoms with E-state index in [1.807, 2.05) is 0 Å². The van der Waals surface area contributed by atoms with Gasteiger partial charge in [0.25, 0.3) is 10.1 Å². The number of nitriles is 2. The normalized spacial score (nSPS) is 14.0. The molecule has 0 aliphatic rings. The molecule has 1 N–H and O–H groups in total. The molecule has 0 aliphatic carbocycles. The van der Waals surface area contributed by atoms with Crippen LogP contribution in [0.25, 0.3) is 0 Å². The van der Waals surface area contributed by atoms with Crippen molar-refractivity contribution in [2.45, 2.75) is 11.7 Å². The Labute approximate surface area is 118 Å². The number of rotatable bonds is 5. The molecule has 0 saturated carbocycles. The Morgan fingerprint density at radius 2 is 1.90 bits per heavy atom. The van der Waals surface area contributed by atoms with E-state index in [0.29, 0.717) is 0 Å². The Bertz CT molecular complexity index is 715. The summed E-state index contributed by atoms with van der Waals surface area (Å²) in [4.78, 5) is 0. The largest absolute Gasteiger partial charge is 0.772 e. The lowest BCUT2D eigenvalue weighted by Gasteiger charge is -2.19. The van der Waals surface area contributed by atoms with Gasteiger partial charge in [-0.2, -0.15) is 18.9 Å². The Hall–Kier alpha value is -1.78. The van der Waals surface area contributed by atoms with Gasteiger partial charge in [0.2, 0.25) is 0 Å². The Balaban J connectivity index is 3.14. The molecule has 0 fully saturated rings. The van der Waals surface area contributed by atoms with E-state index in [1.165, 1.54) is 18.2 Å². The average Bonchev–Trinajstić information content (AvgIpc) is 2.36. The van der Waals surface area contributed by atoms with Crippen molar-refractivity contribution in [2.24, 2.45) is 0 Å². The molecule has 106 valence electrons. The lowest BCUT2D eigenvalue weighted by molar-refractivity contribution is 0.479. The van der Waals surface area contributed by atoms with Crippen LogP contribution in [0.3, 0.4) is 0 Å². The van der Waals surface area contributed by atoms with Crippen LogP contribution in [0.15, 0.2) is 18.2 Å². The highest BCUT2D eigenvalue weighted by atomic mass is 32.2. The van der Waals surface area contributed by atoms with E-state index < -0.39 is 32.2 Å². The van der Waals surface area contributed by atoms with E-state index in [2.05, 4.69) is 0 Å². The fraction of sp³-hybridized carbons (Fsp3) is 0.273. The molecule has 0 aromatic heterocycles. The maximum Gasteiger partial charge on any atom is 0.264 e. The zero-order valence-electron chi connectivity index (χ0n) is 10.0. The minimum atomic E-state index is -4.28. The van der Waals surface area contributed by atoms with Gasteiger partial charge in [-0.1, -0.05) is 6.07 Å². The second kappa shape index (κ2) is 6.59. The first-order chi connectivity index (χ1) is 9.28. The molecule has 0 saturated heterocycles. The highest BCUT2D eigenvalue weighted by Crippen LogP contribution is 2.25. The summed E-state index contributed by atoms with van der Waals surface area (Å²) in [5.74, 6) is -0.715. The van der Waals surface area contributed by atoms with Crippen molar-refractivity contribution in [3.05, 3.63) is 34.9 Å². The highest BCUT2D eigenvalue weighted by Gasteiger charge is 2.17. The van der Waals surface area contributed by atoms with Gasteiger partial charge in [0.15, 0.2) is 0 Å². The molecular weight excluding hydrogens is 304 g/mol. The molecule has 0 aliphatic heterocycles. The van der Waals surface area contributed by atoms with E-state index in [-0.39, 0.29) is 23.1 Å². The van der Waals surface area contributed by atoms with Crippen molar-refractivity contribution in [3.8, 4) is 12.1 Å². The topological polar surface area (TPSA) is 142 Å². The first-order valence-electron chi connectivity index (χ1n) is 5.26. The lowest BCUT2D eigenvalue weighted by atomic mass is 10.0. The fourth-order valence-electron chi connectivity index (χ4n) is 1.58. The molecule has 1 rings (SSSR count). The van der Waals surface area contributed by atoms with Gasteiger partial charge >= 0.3 is 0 Å². The van der Waals surface area contributed by atoms with E-state index in [1.54, 1.807) is 12.1 Å². The van der Waals surface area contributed by atoms with E-state index in [0.717, 1.165) is 0 Å². The van der Waals surface area contributed by atoms with Gasteiger partial charge in [-0.05, 0) is 35.2 Å². The van der Waals surface area contributed by atoms with Gasteiger partial charge in [0.1, 0.15) is 12.1 Å². The van der Waals surface area contributed by atoms with Crippen LogP contribution < -0.4 is 0 Å². The lowest BCUT2D eigenvalue weighted by Crippen LogP contribution is -2.13. The summed E-state index contributed by atoms with van der Waals surface area (Å²) in [6, 6.07) is 7.40. The van der Waals surface area contributed by atoms with Crippen LogP contribution in [0, 0.1) is 22.7 Å². The summed E-state index contributed by atoms with van der Waals surface area (Å²) in [5, 5.41) is 16.4. The van der Waals surface area contributed by atoms with E-state index >= 15 is 0 Å². The van der Waals surface area contributed by atoms with Crippen LogP contribution in [-0.2, 0) is 21.2 Å². The minimum absolute atomic E-state index is 0.00676. The molecule has 7 nitrogen and oxygen atoms in total. The Kier molecular flexibility index (Phi) is 5.36. The number of nitrogens with zero attached hydrogens (tertiary/aromatic N) is 2. The Morgan fingerprint density at radius 1 is 1.30 bits per heavy atom. The molecule has 0 radical (unpaired) electrons. The molecule has 0 amide bonds. The second-order valence-electron chi connectivity index (χ2n) is 3.85. The first-order valence-corrected chi connectivity index (χ1v) is 8.00. The molecule has 20 heavy (non-hydrogen) atoms. The van der Waals surface area contributed by atoms with Crippen molar-refractivity contribution in [2.75, 3.05) is 5.75 Å². The van der Waals surface area contributed by atoms with Crippen LogP contribution in [0.1, 0.15) is 28.4 Å². The molecule has 0 bridgehead atoms. The van der Waals surface area contributed by atoms with Gasteiger partial charge in [0, 0.05) is 5.25 Å². The van der Waals surface area contributed by atoms with E-state index in [9.17, 15) is 17.2 Å². The molecule has 0 spiro atoms. The highest BCUT2D eigenvalue weighted by molar-refractivity contribution is 7.85. The van der Waals surface area contributed by atoms with Gasteiger partial charge in [0.05, 0.1) is 16.9 Å². The smallest absolute Gasteiger partial charge is 0.264 e. The van der Waals surface area contributed by atoms with Crippen LogP contribution in [0.4, 0.5) is 0 Å². The van der Waals surface area contributed by atoms with Crippen molar-refractivity contribution >= 4 is 21.2 Å². The SMILES string of the molecule is N#Cc1ccc(C(CCS(=O)(=O)O)S(=O)[O-])cc1C#N. The van der Waals surface area contributed by atoms with Gasteiger partial charge < -0.3 is 4.55 Å². The zero-order chi connectivity index (χ0) is 15.3. The third-order valence-corrected chi connectivity index (χ3v) is 4.25. The van der Waals surface area contributed by atoms with E-state index in [4.69, 9.17) is 15.1 Å². The number of benzene rings is 1. The summed E-state index contributed by atoms with van der Waals surface area (Å²) >= 11 is -2.63. The fourth-order valence-corrected chi connectivity index (χ4v) is 2.94. The second-order valence-corrected chi connectivity index (χ2v) is 6.51. The van der Waals surface area contributed by atoms with Gasteiger partial charge in [-0.3, -0.25) is 8.76 Å². The van der Waals surface area contributed by atoms with Crippen LogP contribution in [0.2, 0.25) is 0 Å². The maximum absolute atomic E-state index is 11.1. The van der Waals surface area contributed by atoms with Crippen LogP contribution in [-0.4, -0.2) is 27.5 Å². The third kappa shape index (κ3) is 4.40. The van der Waals surface area contributed by atoms with Gasteiger partial charge in [-0.25, -0.2) is 0 Å². The third-order valence-electron chi connectivity index (χ3n) is 2.53. The average molecular weight is 313 g/mol. The summed E-state index contributed by atoms with van der Waals surface area (Å²) in [7, 11) is -4.28. The molecule has 1 aromatic carbocycles. The van der Waals surface area contributed by atoms with Crippen molar-refractivity contribution in [3.63, 3.8) is 0 Å². The molecule has 9 heteroatoms. The Morgan fingerprint density at radius 3 is 2.35 bits per heavy atom. The molecular formula is C11H9N2O5S2-. The summed E-state index contributed by atoms with van der Waals surface area (Å²) in [6.07, 6.45) is -0.342. The predicted molar refractivity (Wildman–Crippen MR) is 68.6 cm³/mol.